The van der Waals surface area contributed by atoms with E-state index in [0.717, 1.165) is 5.69 Å². The molecule has 72 valence electrons. The molecule has 0 aliphatic carbocycles. The molecule has 0 saturated heterocycles. The molecule has 2 rings (SSSR count). The summed E-state index contributed by atoms with van der Waals surface area (Å²) >= 11 is 0. The predicted molar refractivity (Wildman–Crippen MR) is 56.5 cm³/mol. The zero-order chi connectivity index (χ0) is 10.5. The Morgan fingerprint density at radius 1 is 1.07 bits per heavy atom. The standard InChI is InChI=1S/C11H8N4/c12-8-10-11(14-7-6-13-10)15-9-4-2-1-3-5-9/h1-7H,(H,14,15). The van der Waals surface area contributed by atoms with Crippen LogP contribution in [0.4, 0.5) is 11.5 Å². The SMILES string of the molecule is N#Cc1nccnc1Nc1ccccc1. The number of aromatic nitrogens is 2. The van der Waals surface area contributed by atoms with Gasteiger partial charge in [-0.2, -0.15) is 5.26 Å². The molecule has 4 heteroatoms. The van der Waals surface area contributed by atoms with Gasteiger partial charge in [-0.05, 0) is 12.1 Å². The fraction of sp³-hybridized carbons (Fsp3) is 0. The molecule has 1 aromatic carbocycles. The lowest BCUT2D eigenvalue weighted by Crippen LogP contribution is -1.97. The Labute approximate surface area is 87.2 Å². The molecular formula is C11H8N4. The summed E-state index contributed by atoms with van der Waals surface area (Å²) in [6.07, 6.45) is 3.04. The molecule has 1 heterocycles. The molecule has 15 heavy (non-hydrogen) atoms. The zero-order valence-corrected chi connectivity index (χ0v) is 7.88. The molecule has 0 unspecified atom stereocenters. The summed E-state index contributed by atoms with van der Waals surface area (Å²) in [6.45, 7) is 0. The van der Waals surface area contributed by atoms with Crippen molar-refractivity contribution >= 4 is 11.5 Å². The number of nitrogens with one attached hydrogen (secondary N) is 1. The van der Waals surface area contributed by atoms with Crippen molar-refractivity contribution in [2.75, 3.05) is 5.32 Å². The minimum Gasteiger partial charge on any atom is -0.338 e. The Morgan fingerprint density at radius 3 is 2.53 bits per heavy atom. The second-order valence-electron chi connectivity index (χ2n) is 2.86. The molecule has 0 fully saturated rings. The average Bonchev–Trinajstić information content (AvgIpc) is 2.31. The summed E-state index contributed by atoms with van der Waals surface area (Å²) in [6, 6.07) is 11.5. The number of hydrogen-bond donors (Lipinski definition) is 1. The number of rotatable bonds is 2. The lowest BCUT2D eigenvalue weighted by molar-refractivity contribution is 1.16. The van der Waals surface area contributed by atoms with Crippen molar-refractivity contribution < 1.29 is 0 Å². The van der Waals surface area contributed by atoms with E-state index in [9.17, 15) is 0 Å². The highest BCUT2D eigenvalue weighted by Crippen LogP contribution is 2.15. The second kappa shape index (κ2) is 4.20. The maximum atomic E-state index is 8.80. The molecule has 0 bridgehead atoms. The van der Waals surface area contributed by atoms with Gasteiger partial charge in [0.05, 0.1) is 0 Å². The largest absolute Gasteiger partial charge is 0.338 e. The molecule has 0 radical (unpaired) electrons. The highest BCUT2D eigenvalue weighted by atomic mass is 15.0. The van der Waals surface area contributed by atoms with Crippen molar-refractivity contribution in [1.82, 2.24) is 9.97 Å². The van der Waals surface area contributed by atoms with E-state index in [4.69, 9.17) is 5.26 Å². The summed E-state index contributed by atoms with van der Waals surface area (Å²) in [5.74, 6) is 0.478. The van der Waals surface area contributed by atoms with Gasteiger partial charge in [0.1, 0.15) is 6.07 Å². The van der Waals surface area contributed by atoms with Gasteiger partial charge in [-0.15, -0.1) is 0 Å². The minimum absolute atomic E-state index is 0.293. The number of para-hydroxylation sites is 1. The molecule has 0 saturated carbocycles. The quantitative estimate of drug-likeness (QED) is 0.798. The summed E-state index contributed by atoms with van der Waals surface area (Å²) < 4.78 is 0. The van der Waals surface area contributed by atoms with Crippen molar-refractivity contribution in [2.45, 2.75) is 0 Å². The van der Waals surface area contributed by atoms with Crippen LogP contribution in [-0.2, 0) is 0 Å². The first-order valence-corrected chi connectivity index (χ1v) is 4.43. The lowest BCUT2D eigenvalue weighted by atomic mass is 10.3. The Balaban J connectivity index is 2.29. The number of hydrogen-bond acceptors (Lipinski definition) is 4. The van der Waals surface area contributed by atoms with Crippen molar-refractivity contribution in [3.8, 4) is 6.07 Å². The van der Waals surface area contributed by atoms with Gasteiger partial charge in [-0.3, -0.25) is 0 Å². The molecule has 4 nitrogen and oxygen atoms in total. The van der Waals surface area contributed by atoms with E-state index >= 15 is 0 Å². The third kappa shape index (κ3) is 2.09. The van der Waals surface area contributed by atoms with Crippen LogP contribution in [0.2, 0.25) is 0 Å². The number of nitrogens with zero attached hydrogens (tertiary/aromatic N) is 3. The average molecular weight is 196 g/mol. The summed E-state index contributed by atoms with van der Waals surface area (Å²) in [7, 11) is 0. The normalized spacial score (nSPS) is 9.27. The zero-order valence-electron chi connectivity index (χ0n) is 7.88. The first-order valence-electron chi connectivity index (χ1n) is 4.43. The fourth-order valence-corrected chi connectivity index (χ4v) is 1.17. The Bertz CT molecular complexity index is 487. The molecule has 1 N–H and O–H groups in total. The maximum absolute atomic E-state index is 8.80. The summed E-state index contributed by atoms with van der Waals surface area (Å²) in [5, 5.41) is 11.8. The molecule has 0 aliphatic rings. The highest BCUT2D eigenvalue weighted by molar-refractivity contribution is 5.60. The van der Waals surface area contributed by atoms with Crippen LogP contribution in [-0.4, -0.2) is 9.97 Å². The molecule has 0 aliphatic heterocycles. The lowest BCUT2D eigenvalue weighted by Gasteiger charge is -2.04. The Morgan fingerprint density at radius 2 is 1.80 bits per heavy atom. The molecule has 0 amide bonds. The van der Waals surface area contributed by atoms with Crippen molar-refractivity contribution in [2.24, 2.45) is 0 Å². The third-order valence-electron chi connectivity index (χ3n) is 1.84. The predicted octanol–water partition coefficient (Wildman–Crippen LogP) is 2.09. The first-order chi connectivity index (χ1) is 7.40. The fourth-order valence-electron chi connectivity index (χ4n) is 1.17. The molecule has 2 aromatic rings. The van der Waals surface area contributed by atoms with Gasteiger partial charge in [0, 0.05) is 18.1 Å². The van der Waals surface area contributed by atoms with E-state index < -0.39 is 0 Å². The second-order valence-corrected chi connectivity index (χ2v) is 2.86. The maximum Gasteiger partial charge on any atom is 0.183 e. The number of nitriles is 1. The van der Waals surface area contributed by atoms with Gasteiger partial charge in [0.25, 0.3) is 0 Å². The topological polar surface area (TPSA) is 61.6 Å². The van der Waals surface area contributed by atoms with Crippen LogP contribution in [0.5, 0.6) is 0 Å². The van der Waals surface area contributed by atoms with Crippen LogP contribution >= 0.6 is 0 Å². The molecule has 1 aromatic heterocycles. The van der Waals surface area contributed by atoms with Crippen LogP contribution in [0, 0.1) is 11.3 Å². The Kier molecular flexibility index (Phi) is 2.56. The van der Waals surface area contributed by atoms with E-state index in [1.807, 2.05) is 36.4 Å². The van der Waals surface area contributed by atoms with Gasteiger partial charge in [0.2, 0.25) is 0 Å². The van der Waals surface area contributed by atoms with E-state index in [1.165, 1.54) is 6.20 Å². The van der Waals surface area contributed by atoms with Crippen LogP contribution < -0.4 is 5.32 Å². The van der Waals surface area contributed by atoms with Crippen molar-refractivity contribution in [1.29, 1.82) is 5.26 Å². The molecular weight excluding hydrogens is 188 g/mol. The highest BCUT2D eigenvalue weighted by Gasteiger charge is 2.02. The van der Waals surface area contributed by atoms with Gasteiger partial charge in [0.15, 0.2) is 11.5 Å². The first kappa shape index (κ1) is 9.16. The summed E-state index contributed by atoms with van der Waals surface area (Å²) in [4.78, 5) is 7.96. The van der Waals surface area contributed by atoms with Crippen LogP contribution in [0.15, 0.2) is 42.7 Å². The van der Waals surface area contributed by atoms with Gasteiger partial charge in [-0.25, -0.2) is 9.97 Å². The van der Waals surface area contributed by atoms with Crippen molar-refractivity contribution in [3.05, 3.63) is 48.4 Å². The van der Waals surface area contributed by atoms with Crippen LogP contribution in [0.3, 0.4) is 0 Å². The van der Waals surface area contributed by atoms with Gasteiger partial charge in [-0.1, -0.05) is 18.2 Å². The molecule has 0 spiro atoms. The smallest absolute Gasteiger partial charge is 0.183 e. The minimum atomic E-state index is 0.293. The summed E-state index contributed by atoms with van der Waals surface area (Å²) in [5.41, 5.74) is 1.18. The van der Waals surface area contributed by atoms with E-state index in [0.29, 0.717) is 11.5 Å². The third-order valence-corrected chi connectivity index (χ3v) is 1.84. The van der Waals surface area contributed by atoms with Gasteiger partial charge < -0.3 is 5.32 Å². The monoisotopic (exact) mass is 196 g/mol. The van der Waals surface area contributed by atoms with Crippen LogP contribution in [0.25, 0.3) is 0 Å². The number of benzene rings is 1. The number of anilines is 2. The molecule has 0 atom stereocenters. The van der Waals surface area contributed by atoms with Crippen molar-refractivity contribution in [3.63, 3.8) is 0 Å². The van der Waals surface area contributed by atoms with Crippen LogP contribution in [0.1, 0.15) is 5.69 Å². The van der Waals surface area contributed by atoms with E-state index in [2.05, 4.69) is 15.3 Å². The Hall–Kier alpha value is -2.41. The van der Waals surface area contributed by atoms with Gasteiger partial charge >= 0.3 is 0 Å². The van der Waals surface area contributed by atoms with E-state index in [1.54, 1.807) is 6.20 Å². The van der Waals surface area contributed by atoms with E-state index in [-0.39, 0.29) is 0 Å².